The molecule has 0 saturated carbocycles. The fraction of sp³-hybridized carbons (Fsp3) is 0.565. The Balaban J connectivity index is 1.75. The van der Waals surface area contributed by atoms with Gasteiger partial charge in [0, 0.05) is 19.4 Å². The lowest BCUT2D eigenvalue weighted by Gasteiger charge is -2.22. The molecule has 2 atom stereocenters. The molecule has 1 amide bonds. The van der Waals surface area contributed by atoms with E-state index in [0.717, 1.165) is 37.8 Å². The number of amides is 1. The van der Waals surface area contributed by atoms with E-state index < -0.39 is 17.8 Å². The van der Waals surface area contributed by atoms with Crippen molar-refractivity contribution in [3.63, 3.8) is 0 Å². The zero-order valence-corrected chi connectivity index (χ0v) is 18.1. The van der Waals surface area contributed by atoms with E-state index in [4.69, 9.17) is 4.74 Å². The molecular weight excluding hydrogens is 427 g/mol. The minimum Gasteiger partial charge on any atom is -0.491 e. The topological polar surface area (TPSA) is 76.1 Å². The van der Waals surface area contributed by atoms with Crippen molar-refractivity contribution in [2.75, 3.05) is 20.3 Å². The van der Waals surface area contributed by atoms with E-state index in [1.54, 1.807) is 11.0 Å². The molecule has 2 rings (SSSR count). The van der Waals surface area contributed by atoms with Crippen LogP contribution in [-0.2, 0) is 20.5 Å². The molecule has 1 fully saturated rings. The van der Waals surface area contributed by atoms with Gasteiger partial charge < -0.3 is 19.5 Å². The average molecular weight is 457 g/mol. The number of likely N-dealkylation sites (tertiary alicyclic amines) is 1. The number of methoxy groups -OCH3 is 1. The second kappa shape index (κ2) is 12.5. The van der Waals surface area contributed by atoms with Crippen molar-refractivity contribution in [3.8, 4) is 5.75 Å². The van der Waals surface area contributed by atoms with Gasteiger partial charge in [-0.3, -0.25) is 9.59 Å². The lowest BCUT2D eigenvalue weighted by molar-refractivity contribution is -0.141. The fourth-order valence-electron chi connectivity index (χ4n) is 3.51. The molecular formula is C23H30F3NO5. The maximum atomic E-state index is 12.8. The molecule has 2 unspecified atom stereocenters. The third kappa shape index (κ3) is 8.53. The number of ether oxygens (including phenoxy) is 2. The van der Waals surface area contributed by atoms with Crippen molar-refractivity contribution in [1.82, 2.24) is 4.90 Å². The Bertz CT molecular complexity index is 781. The van der Waals surface area contributed by atoms with Crippen LogP contribution in [0, 0.1) is 0 Å². The minimum absolute atomic E-state index is 0.0251. The van der Waals surface area contributed by atoms with Gasteiger partial charge in [-0.25, -0.2) is 0 Å². The van der Waals surface area contributed by atoms with Gasteiger partial charge in [0.15, 0.2) is 0 Å². The van der Waals surface area contributed by atoms with Gasteiger partial charge in [0.25, 0.3) is 0 Å². The Morgan fingerprint density at radius 1 is 1.28 bits per heavy atom. The van der Waals surface area contributed by atoms with Crippen molar-refractivity contribution < 1.29 is 37.3 Å². The highest BCUT2D eigenvalue weighted by atomic mass is 19.4. The SMILES string of the molecule is COC(=O)CCCCCCN1C(=O)CCC1/C=C/C(O)COc1cccc(C(F)(F)F)c1. The Labute approximate surface area is 186 Å². The molecule has 1 aromatic carbocycles. The summed E-state index contributed by atoms with van der Waals surface area (Å²) in [4.78, 5) is 25.0. The maximum absolute atomic E-state index is 12.8. The van der Waals surface area contributed by atoms with E-state index in [2.05, 4.69) is 4.74 Å². The Morgan fingerprint density at radius 3 is 2.75 bits per heavy atom. The van der Waals surface area contributed by atoms with Gasteiger partial charge in [0.05, 0.1) is 18.7 Å². The highest BCUT2D eigenvalue weighted by Gasteiger charge is 2.31. The number of benzene rings is 1. The Hall–Kier alpha value is -2.55. The molecule has 0 radical (unpaired) electrons. The number of aliphatic hydroxyl groups excluding tert-OH is 1. The van der Waals surface area contributed by atoms with Gasteiger partial charge in [-0.2, -0.15) is 13.2 Å². The van der Waals surface area contributed by atoms with Crippen molar-refractivity contribution in [3.05, 3.63) is 42.0 Å². The second-order valence-corrected chi connectivity index (χ2v) is 7.72. The summed E-state index contributed by atoms with van der Waals surface area (Å²) in [5, 5.41) is 10.1. The summed E-state index contributed by atoms with van der Waals surface area (Å²) in [5.74, 6) is -0.137. The summed E-state index contributed by atoms with van der Waals surface area (Å²) in [6, 6.07) is 4.36. The van der Waals surface area contributed by atoms with E-state index in [0.29, 0.717) is 25.8 Å². The number of nitrogens with zero attached hydrogens (tertiary/aromatic N) is 1. The van der Waals surface area contributed by atoms with E-state index in [1.807, 2.05) is 0 Å². The van der Waals surface area contributed by atoms with Gasteiger partial charge in [-0.15, -0.1) is 0 Å². The number of aliphatic hydroxyl groups is 1. The molecule has 1 N–H and O–H groups in total. The van der Waals surface area contributed by atoms with Crippen LogP contribution in [0.4, 0.5) is 13.2 Å². The molecule has 1 saturated heterocycles. The summed E-state index contributed by atoms with van der Waals surface area (Å²) in [5.41, 5.74) is -0.814. The number of hydrogen-bond donors (Lipinski definition) is 1. The van der Waals surface area contributed by atoms with Crippen LogP contribution in [0.1, 0.15) is 50.5 Å². The van der Waals surface area contributed by atoms with E-state index in [-0.39, 0.29) is 30.3 Å². The molecule has 1 aromatic rings. The number of halogens is 3. The number of rotatable bonds is 12. The molecule has 9 heteroatoms. The van der Waals surface area contributed by atoms with Crippen molar-refractivity contribution in [2.45, 2.75) is 63.3 Å². The third-order valence-electron chi connectivity index (χ3n) is 5.27. The van der Waals surface area contributed by atoms with Crippen LogP contribution in [0.2, 0.25) is 0 Å². The first-order chi connectivity index (χ1) is 15.2. The van der Waals surface area contributed by atoms with Gasteiger partial charge in [0.1, 0.15) is 18.5 Å². The quantitative estimate of drug-likeness (QED) is 0.290. The van der Waals surface area contributed by atoms with Gasteiger partial charge in [0.2, 0.25) is 5.91 Å². The van der Waals surface area contributed by atoms with Crippen LogP contribution in [0.3, 0.4) is 0 Å². The Kier molecular flexibility index (Phi) is 10.0. The summed E-state index contributed by atoms with van der Waals surface area (Å²) < 4.78 is 48.2. The number of carbonyl (C=O) groups excluding carboxylic acids is 2. The maximum Gasteiger partial charge on any atom is 0.416 e. The predicted molar refractivity (Wildman–Crippen MR) is 112 cm³/mol. The number of alkyl halides is 3. The second-order valence-electron chi connectivity index (χ2n) is 7.72. The molecule has 1 aliphatic heterocycles. The number of carbonyl (C=O) groups is 2. The fourth-order valence-corrected chi connectivity index (χ4v) is 3.51. The standard InChI is InChI=1S/C23H30F3NO5/c1-31-22(30)9-4-2-3-5-14-27-18(11-13-21(27)29)10-12-19(28)16-32-20-8-6-7-17(15-20)23(24,25)26/h6-8,10,12,15,18-19,28H,2-5,9,11,13-14,16H2,1H3/b12-10+. The first-order valence-corrected chi connectivity index (χ1v) is 10.7. The zero-order valence-electron chi connectivity index (χ0n) is 18.1. The lowest BCUT2D eigenvalue weighted by Crippen LogP contribution is -2.33. The first kappa shape index (κ1) is 25.7. The zero-order chi connectivity index (χ0) is 23.6. The molecule has 178 valence electrons. The van der Waals surface area contributed by atoms with Crippen LogP contribution in [0.15, 0.2) is 36.4 Å². The van der Waals surface area contributed by atoms with Crippen LogP contribution >= 0.6 is 0 Å². The van der Waals surface area contributed by atoms with Crippen LogP contribution in [0.5, 0.6) is 5.75 Å². The lowest BCUT2D eigenvalue weighted by atomic mass is 10.1. The number of unbranched alkanes of at least 4 members (excludes halogenated alkanes) is 3. The molecule has 1 heterocycles. The highest BCUT2D eigenvalue weighted by Crippen LogP contribution is 2.31. The minimum atomic E-state index is -4.46. The van der Waals surface area contributed by atoms with Crippen LogP contribution < -0.4 is 4.74 Å². The van der Waals surface area contributed by atoms with Gasteiger partial charge in [-0.1, -0.05) is 31.1 Å². The number of esters is 1. The van der Waals surface area contributed by atoms with Crippen molar-refractivity contribution in [1.29, 1.82) is 0 Å². The molecule has 0 spiro atoms. The van der Waals surface area contributed by atoms with Crippen molar-refractivity contribution >= 4 is 11.9 Å². The number of hydrogen-bond acceptors (Lipinski definition) is 5. The monoisotopic (exact) mass is 457 g/mol. The predicted octanol–water partition coefficient (Wildman–Crippen LogP) is 4.12. The van der Waals surface area contributed by atoms with Crippen LogP contribution in [0.25, 0.3) is 0 Å². The van der Waals surface area contributed by atoms with E-state index in [1.165, 1.54) is 25.3 Å². The largest absolute Gasteiger partial charge is 0.491 e. The summed E-state index contributed by atoms with van der Waals surface area (Å²) in [7, 11) is 1.36. The van der Waals surface area contributed by atoms with E-state index >= 15 is 0 Å². The molecule has 0 aromatic heterocycles. The third-order valence-corrected chi connectivity index (χ3v) is 5.27. The smallest absolute Gasteiger partial charge is 0.416 e. The molecule has 0 aliphatic carbocycles. The normalized spacial score (nSPS) is 17.7. The van der Waals surface area contributed by atoms with Crippen molar-refractivity contribution in [2.24, 2.45) is 0 Å². The first-order valence-electron chi connectivity index (χ1n) is 10.7. The average Bonchev–Trinajstić information content (AvgIpc) is 3.11. The molecule has 32 heavy (non-hydrogen) atoms. The van der Waals surface area contributed by atoms with Crippen LogP contribution in [-0.4, -0.2) is 54.3 Å². The van der Waals surface area contributed by atoms with E-state index in [9.17, 15) is 27.9 Å². The highest BCUT2D eigenvalue weighted by molar-refractivity contribution is 5.79. The molecule has 1 aliphatic rings. The summed E-state index contributed by atoms with van der Waals surface area (Å²) >= 11 is 0. The summed E-state index contributed by atoms with van der Waals surface area (Å²) in [6.07, 6.45) is 2.62. The van der Waals surface area contributed by atoms with Gasteiger partial charge in [-0.05, 0) is 37.5 Å². The Morgan fingerprint density at radius 2 is 2.03 bits per heavy atom. The molecule has 6 nitrogen and oxygen atoms in total. The molecule has 0 bridgehead atoms. The van der Waals surface area contributed by atoms with Gasteiger partial charge >= 0.3 is 12.1 Å². The summed E-state index contributed by atoms with van der Waals surface area (Å²) in [6.45, 7) is 0.404.